The van der Waals surface area contributed by atoms with Crippen LogP contribution >= 0.6 is 0 Å². The Balaban J connectivity index is 2.41. The number of carbonyl (C=O) groups excluding carboxylic acids is 1. The van der Waals surface area contributed by atoms with E-state index < -0.39 is 23.5 Å². The van der Waals surface area contributed by atoms with Crippen LogP contribution in [0.3, 0.4) is 0 Å². The summed E-state index contributed by atoms with van der Waals surface area (Å²) in [5.74, 6) is -3.87. The Morgan fingerprint density at radius 2 is 1.94 bits per heavy atom. The summed E-state index contributed by atoms with van der Waals surface area (Å²) in [5, 5.41) is 10.8. The van der Waals surface area contributed by atoms with Gasteiger partial charge in [0, 0.05) is 13.0 Å². The molecule has 0 bridgehead atoms. The summed E-state index contributed by atoms with van der Waals surface area (Å²) < 4.78 is 26.1. The van der Waals surface area contributed by atoms with Gasteiger partial charge in [0.25, 0.3) is 5.91 Å². The summed E-state index contributed by atoms with van der Waals surface area (Å²) in [4.78, 5) is 21.7. The Bertz CT molecular complexity index is 449. The molecule has 0 saturated carbocycles. The summed E-state index contributed by atoms with van der Waals surface area (Å²) in [7, 11) is 0. The van der Waals surface area contributed by atoms with Crippen LogP contribution in [-0.2, 0) is 4.79 Å². The predicted molar refractivity (Wildman–Crippen MR) is 60.2 cm³/mol. The summed E-state index contributed by atoms with van der Waals surface area (Å²) in [5.41, 5.74) is -0.353. The number of benzene rings is 1. The number of nitrogens with one attached hydrogen (secondary N) is 1. The highest BCUT2D eigenvalue weighted by Crippen LogP contribution is 2.11. The first kappa shape index (κ1) is 14.1. The molecule has 1 rings (SSSR count). The fourth-order valence-electron chi connectivity index (χ4n) is 1.38. The number of carboxylic acid groups (broad SMARTS) is 1. The minimum absolute atomic E-state index is 0.0181. The third-order valence-corrected chi connectivity index (χ3v) is 2.30. The molecule has 1 aromatic carbocycles. The van der Waals surface area contributed by atoms with Gasteiger partial charge in [-0.25, -0.2) is 8.78 Å². The van der Waals surface area contributed by atoms with Gasteiger partial charge in [-0.1, -0.05) is 6.07 Å². The van der Waals surface area contributed by atoms with E-state index in [4.69, 9.17) is 5.11 Å². The Morgan fingerprint density at radius 1 is 1.22 bits per heavy atom. The number of unbranched alkanes of at least 4 members (excludes halogenated alkanes) is 1. The molecule has 2 N–H and O–H groups in total. The molecular formula is C12H13F2NO3. The number of amides is 1. The number of aliphatic carboxylic acids is 1. The standard InChI is InChI=1S/C12H13F2NO3/c13-9-5-3-4-8(11(9)14)12(18)15-7-2-1-6-10(16)17/h3-5H,1-2,6-7H2,(H,15,18)(H,16,17). The largest absolute Gasteiger partial charge is 0.481 e. The van der Waals surface area contributed by atoms with Crippen LogP contribution in [0.2, 0.25) is 0 Å². The number of halogens is 2. The molecule has 98 valence electrons. The molecule has 1 amide bonds. The van der Waals surface area contributed by atoms with Crippen molar-refractivity contribution in [3.63, 3.8) is 0 Å². The molecule has 0 fully saturated rings. The van der Waals surface area contributed by atoms with Crippen molar-refractivity contribution in [2.75, 3.05) is 6.54 Å². The van der Waals surface area contributed by atoms with Gasteiger partial charge < -0.3 is 10.4 Å². The van der Waals surface area contributed by atoms with E-state index in [2.05, 4.69) is 5.32 Å². The maximum Gasteiger partial charge on any atom is 0.303 e. The zero-order valence-corrected chi connectivity index (χ0v) is 9.58. The number of hydrogen-bond acceptors (Lipinski definition) is 2. The lowest BCUT2D eigenvalue weighted by molar-refractivity contribution is -0.137. The molecule has 0 aliphatic rings. The minimum atomic E-state index is -1.18. The third kappa shape index (κ3) is 4.12. The van der Waals surface area contributed by atoms with Crippen LogP contribution in [0.5, 0.6) is 0 Å². The number of carbonyl (C=O) groups is 2. The van der Waals surface area contributed by atoms with Crippen molar-refractivity contribution in [1.82, 2.24) is 5.32 Å². The van der Waals surface area contributed by atoms with E-state index in [1.165, 1.54) is 12.1 Å². The molecule has 0 unspecified atom stereocenters. The van der Waals surface area contributed by atoms with Crippen molar-refractivity contribution in [3.8, 4) is 0 Å². The van der Waals surface area contributed by atoms with Gasteiger partial charge in [-0.05, 0) is 25.0 Å². The van der Waals surface area contributed by atoms with Crippen LogP contribution in [-0.4, -0.2) is 23.5 Å². The Hall–Kier alpha value is -1.98. The first-order valence-electron chi connectivity index (χ1n) is 5.46. The van der Waals surface area contributed by atoms with Gasteiger partial charge in [0.05, 0.1) is 5.56 Å². The van der Waals surface area contributed by atoms with Crippen LogP contribution in [0.25, 0.3) is 0 Å². The van der Waals surface area contributed by atoms with Gasteiger partial charge in [0.2, 0.25) is 0 Å². The zero-order valence-electron chi connectivity index (χ0n) is 9.58. The van der Waals surface area contributed by atoms with Gasteiger partial charge in [-0.3, -0.25) is 9.59 Å². The van der Waals surface area contributed by atoms with Crippen LogP contribution in [0.1, 0.15) is 29.6 Å². The van der Waals surface area contributed by atoms with Gasteiger partial charge >= 0.3 is 5.97 Å². The van der Waals surface area contributed by atoms with E-state index in [0.29, 0.717) is 12.8 Å². The first-order valence-corrected chi connectivity index (χ1v) is 5.46. The van der Waals surface area contributed by atoms with Crippen LogP contribution in [0, 0.1) is 11.6 Å². The quantitative estimate of drug-likeness (QED) is 0.765. The molecule has 0 heterocycles. The second-order valence-electron chi connectivity index (χ2n) is 3.71. The minimum Gasteiger partial charge on any atom is -0.481 e. The second kappa shape index (κ2) is 6.68. The monoisotopic (exact) mass is 257 g/mol. The molecule has 0 saturated heterocycles. The molecular weight excluding hydrogens is 244 g/mol. The lowest BCUT2D eigenvalue weighted by Crippen LogP contribution is -2.25. The van der Waals surface area contributed by atoms with E-state index in [-0.39, 0.29) is 18.5 Å². The molecule has 0 spiro atoms. The number of rotatable bonds is 6. The van der Waals surface area contributed by atoms with Crippen molar-refractivity contribution < 1.29 is 23.5 Å². The van der Waals surface area contributed by atoms with Crippen LogP contribution < -0.4 is 5.32 Å². The van der Waals surface area contributed by atoms with Crippen molar-refractivity contribution in [2.45, 2.75) is 19.3 Å². The lowest BCUT2D eigenvalue weighted by atomic mass is 10.2. The topological polar surface area (TPSA) is 66.4 Å². The summed E-state index contributed by atoms with van der Waals surface area (Å²) in [6.45, 7) is 0.224. The zero-order chi connectivity index (χ0) is 13.5. The average molecular weight is 257 g/mol. The van der Waals surface area contributed by atoms with E-state index in [0.717, 1.165) is 6.07 Å². The Morgan fingerprint density at radius 3 is 2.61 bits per heavy atom. The molecule has 1 aromatic rings. The van der Waals surface area contributed by atoms with Gasteiger partial charge in [-0.15, -0.1) is 0 Å². The van der Waals surface area contributed by atoms with Crippen molar-refractivity contribution in [1.29, 1.82) is 0 Å². The summed E-state index contributed by atoms with van der Waals surface area (Å²) >= 11 is 0. The van der Waals surface area contributed by atoms with Gasteiger partial charge in [0.15, 0.2) is 11.6 Å². The van der Waals surface area contributed by atoms with Crippen LogP contribution in [0.15, 0.2) is 18.2 Å². The number of hydrogen-bond donors (Lipinski definition) is 2. The lowest BCUT2D eigenvalue weighted by Gasteiger charge is -2.05. The van der Waals surface area contributed by atoms with E-state index in [1.807, 2.05) is 0 Å². The predicted octanol–water partition coefficient (Wildman–Crippen LogP) is 1.95. The van der Waals surface area contributed by atoms with Gasteiger partial charge in [-0.2, -0.15) is 0 Å². The highest BCUT2D eigenvalue weighted by molar-refractivity contribution is 5.94. The highest BCUT2D eigenvalue weighted by Gasteiger charge is 2.14. The highest BCUT2D eigenvalue weighted by atomic mass is 19.2. The third-order valence-electron chi connectivity index (χ3n) is 2.30. The summed E-state index contributed by atoms with van der Waals surface area (Å²) in [6.07, 6.45) is 0.903. The van der Waals surface area contributed by atoms with E-state index in [1.54, 1.807) is 0 Å². The van der Waals surface area contributed by atoms with Crippen molar-refractivity contribution in [3.05, 3.63) is 35.4 Å². The first-order chi connectivity index (χ1) is 8.52. The van der Waals surface area contributed by atoms with E-state index >= 15 is 0 Å². The molecule has 0 aromatic heterocycles. The maximum absolute atomic E-state index is 13.2. The smallest absolute Gasteiger partial charge is 0.303 e. The number of carboxylic acids is 1. The van der Waals surface area contributed by atoms with Crippen LogP contribution in [0.4, 0.5) is 8.78 Å². The molecule has 4 nitrogen and oxygen atoms in total. The molecule has 0 radical (unpaired) electrons. The molecule has 0 atom stereocenters. The van der Waals surface area contributed by atoms with Crippen molar-refractivity contribution >= 4 is 11.9 Å². The van der Waals surface area contributed by atoms with Crippen molar-refractivity contribution in [2.24, 2.45) is 0 Å². The molecule has 18 heavy (non-hydrogen) atoms. The Kier molecular flexibility index (Phi) is 5.23. The average Bonchev–Trinajstić information content (AvgIpc) is 2.31. The van der Waals surface area contributed by atoms with Gasteiger partial charge in [0.1, 0.15) is 0 Å². The normalized spacial score (nSPS) is 10.1. The SMILES string of the molecule is O=C(O)CCCCNC(=O)c1cccc(F)c1F. The fraction of sp³-hybridized carbons (Fsp3) is 0.333. The molecule has 0 aliphatic heterocycles. The maximum atomic E-state index is 13.2. The fourth-order valence-corrected chi connectivity index (χ4v) is 1.38. The molecule has 6 heteroatoms. The second-order valence-corrected chi connectivity index (χ2v) is 3.71. The Labute approximate surface area is 103 Å². The molecule has 0 aliphatic carbocycles. The summed E-state index contributed by atoms with van der Waals surface area (Å²) in [6, 6.07) is 3.36. The van der Waals surface area contributed by atoms with E-state index in [9.17, 15) is 18.4 Å².